The SMILES string of the molecule is CC[C@H](C)[C@@H]([C@@H](CC(=O)N1CCC[C@H]1C(OC)[C@@H](C)C(=O)N[C@@H](Cc1ccccc1)c1ncc[nH]1)OC)N(C)C(=O)[C@@H](NC(=O)[C@H](C(C)C)N(C)C(=O)OCc1ccc(NC(=O)[C@H](CCCNC(N)=O)NC(=O)[C@@H](NC(=O)CCOCCOCCOCCOCCON)C(C)C)cc1)C(C)C. The van der Waals surface area contributed by atoms with Gasteiger partial charge in [-0.05, 0) is 79.0 Å². The van der Waals surface area contributed by atoms with Gasteiger partial charge >= 0.3 is 12.1 Å². The molecule has 10 amide bonds. The van der Waals surface area contributed by atoms with E-state index in [2.05, 4.69) is 46.7 Å². The van der Waals surface area contributed by atoms with Gasteiger partial charge in [-0.1, -0.05) is 111 Å². The number of aromatic amines is 1. The molecule has 566 valence electrons. The number of ether oxygens (including phenoxy) is 7. The number of hydrogen-bond acceptors (Lipinski definition) is 19. The highest BCUT2D eigenvalue weighted by molar-refractivity contribution is 5.98. The second kappa shape index (κ2) is 45.9. The van der Waals surface area contributed by atoms with Crippen LogP contribution in [-0.4, -0.2) is 227 Å². The summed E-state index contributed by atoms with van der Waals surface area (Å²) in [6.07, 6.45) is 3.78. The molecule has 1 saturated heterocycles. The molecule has 0 radical (unpaired) electrons. The maximum Gasteiger partial charge on any atom is 0.410 e. The van der Waals surface area contributed by atoms with Gasteiger partial charge in [0.05, 0.1) is 102 Å². The van der Waals surface area contributed by atoms with Crippen LogP contribution in [0.1, 0.15) is 130 Å². The number of methoxy groups -OCH3 is 2. The first-order valence-electron chi connectivity index (χ1n) is 35.1. The number of amides is 10. The second-order valence-corrected chi connectivity index (χ2v) is 26.4. The van der Waals surface area contributed by atoms with E-state index in [1.165, 1.54) is 19.1 Å². The van der Waals surface area contributed by atoms with E-state index in [0.717, 1.165) is 5.56 Å². The lowest BCUT2D eigenvalue weighted by molar-refractivity contribution is -0.148. The predicted octanol–water partition coefficient (Wildman–Crippen LogP) is 4.52. The summed E-state index contributed by atoms with van der Waals surface area (Å²) in [6, 6.07) is 9.73. The van der Waals surface area contributed by atoms with Gasteiger partial charge in [-0.2, -0.15) is 0 Å². The minimum atomic E-state index is -1.11. The maximum absolute atomic E-state index is 14.9. The maximum atomic E-state index is 14.9. The molecule has 101 heavy (non-hydrogen) atoms. The zero-order valence-corrected chi connectivity index (χ0v) is 61.5. The van der Waals surface area contributed by atoms with Crippen molar-refractivity contribution in [1.29, 1.82) is 0 Å². The Hall–Kier alpha value is -7.84. The lowest BCUT2D eigenvalue weighted by Crippen LogP contribution is -2.60. The predicted molar refractivity (Wildman–Crippen MR) is 378 cm³/mol. The molecule has 2 heterocycles. The summed E-state index contributed by atoms with van der Waals surface area (Å²) in [5, 5.41) is 16.9. The van der Waals surface area contributed by atoms with Gasteiger partial charge in [0.25, 0.3) is 0 Å². The van der Waals surface area contributed by atoms with E-state index in [1.807, 2.05) is 58.0 Å². The summed E-state index contributed by atoms with van der Waals surface area (Å²) in [6.45, 7) is 19.5. The Labute approximate surface area is 595 Å². The molecule has 1 unspecified atom stereocenters. The van der Waals surface area contributed by atoms with E-state index in [9.17, 15) is 43.2 Å². The van der Waals surface area contributed by atoms with Crippen LogP contribution in [0.2, 0.25) is 0 Å². The van der Waals surface area contributed by atoms with Gasteiger partial charge in [0.2, 0.25) is 41.4 Å². The summed E-state index contributed by atoms with van der Waals surface area (Å²) >= 11 is 0. The summed E-state index contributed by atoms with van der Waals surface area (Å²) in [4.78, 5) is 141. The van der Waals surface area contributed by atoms with Crippen molar-refractivity contribution in [3.63, 3.8) is 0 Å². The first kappa shape index (κ1) is 85.6. The lowest BCUT2D eigenvalue weighted by atomic mass is 9.89. The molecule has 11 N–H and O–H groups in total. The van der Waals surface area contributed by atoms with Crippen molar-refractivity contribution >= 4 is 59.2 Å². The number of nitrogens with two attached hydrogens (primary N) is 2. The zero-order chi connectivity index (χ0) is 74.6. The number of anilines is 1. The summed E-state index contributed by atoms with van der Waals surface area (Å²) < 4.78 is 39.6. The molecule has 1 aliphatic heterocycles. The van der Waals surface area contributed by atoms with E-state index in [0.29, 0.717) is 88.9 Å². The molecule has 11 atom stereocenters. The van der Waals surface area contributed by atoms with E-state index < -0.39 is 114 Å². The van der Waals surface area contributed by atoms with Crippen molar-refractivity contribution in [3.8, 4) is 0 Å². The Kier molecular flexibility index (Phi) is 38.9. The molecule has 0 aliphatic carbocycles. The van der Waals surface area contributed by atoms with E-state index in [1.54, 1.807) is 95.2 Å². The monoisotopic (exact) mass is 1420 g/mol. The number of benzene rings is 2. The molecule has 0 bridgehead atoms. The largest absolute Gasteiger partial charge is 0.445 e. The van der Waals surface area contributed by atoms with Crippen molar-refractivity contribution in [2.45, 2.75) is 175 Å². The number of hydrogen-bond donors (Lipinski definition) is 9. The van der Waals surface area contributed by atoms with Crippen molar-refractivity contribution in [1.82, 2.24) is 51.3 Å². The topological polar surface area (TPSA) is 390 Å². The molecule has 1 fully saturated rings. The van der Waals surface area contributed by atoms with Gasteiger partial charge in [0.15, 0.2) is 0 Å². The quantitative estimate of drug-likeness (QED) is 0.0277. The van der Waals surface area contributed by atoms with Crippen molar-refractivity contribution < 1.29 is 81.1 Å². The van der Waals surface area contributed by atoms with Gasteiger partial charge in [-0.25, -0.2) is 20.5 Å². The highest BCUT2D eigenvalue weighted by Crippen LogP contribution is 2.31. The van der Waals surface area contributed by atoms with Crippen LogP contribution in [-0.2, 0) is 84.6 Å². The lowest BCUT2D eigenvalue weighted by Gasteiger charge is -2.41. The number of H-pyrrole nitrogens is 1. The molecule has 2 aromatic carbocycles. The first-order valence-corrected chi connectivity index (χ1v) is 35.1. The van der Waals surface area contributed by atoms with Gasteiger partial charge in [0, 0.05) is 65.9 Å². The first-order chi connectivity index (χ1) is 48.3. The highest BCUT2D eigenvalue weighted by atomic mass is 16.6. The fraction of sp³-hybridized carbons (Fsp3) is 0.662. The number of carbonyl (C=O) groups is 9. The number of nitrogens with zero attached hydrogens (tertiary/aromatic N) is 4. The van der Waals surface area contributed by atoms with Crippen molar-refractivity contribution in [2.24, 2.45) is 41.2 Å². The third kappa shape index (κ3) is 28.8. The van der Waals surface area contributed by atoms with Crippen LogP contribution in [0.4, 0.5) is 15.3 Å². The third-order valence-electron chi connectivity index (χ3n) is 17.9. The van der Waals surface area contributed by atoms with Crippen LogP contribution >= 0.6 is 0 Å². The zero-order valence-electron chi connectivity index (χ0n) is 61.5. The Morgan fingerprint density at radius 1 is 0.693 bits per heavy atom. The Morgan fingerprint density at radius 3 is 1.87 bits per heavy atom. The second-order valence-electron chi connectivity index (χ2n) is 26.4. The third-order valence-corrected chi connectivity index (χ3v) is 17.9. The molecule has 3 aromatic rings. The number of urea groups is 1. The van der Waals surface area contributed by atoms with Gasteiger partial charge < -0.3 is 90.4 Å². The van der Waals surface area contributed by atoms with Gasteiger partial charge in [-0.3, -0.25) is 38.5 Å². The Bertz CT molecular complexity index is 2970. The van der Waals surface area contributed by atoms with Crippen LogP contribution in [0.3, 0.4) is 0 Å². The number of nitrogens with one attached hydrogen (secondary N) is 7. The molecule has 1 aromatic heterocycles. The number of likely N-dealkylation sites (tertiary alicyclic amines) is 1. The summed E-state index contributed by atoms with van der Waals surface area (Å²) in [5.74, 6) is 0.413. The molecule has 0 spiro atoms. The van der Waals surface area contributed by atoms with Crippen LogP contribution in [0.15, 0.2) is 67.0 Å². The molecule has 30 nitrogen and oxygen atoms in total. The van der Waals surface area contributed by atoms with E-state index in [-0.39, 0.29) is 82.3 Å². The Morgan fingerprint density at radius 2 is 1.32 bits per heavy atom. The normalized spacial score (nSPS) is 16.0. The number of likely N-dealkylation sites (N-methyl/N-ethyl adjacent to an activating group) is 2. The van der Waals surface area contributed by atoms with Crippen molar-refractivity contribution in [3.05, 3.63) is 83.9 Å². The minimum Gasteiger partial charge on any atom is -0.445 e. The average Bonchev–Trinajstić information content (AvgIpc) is 1.40. The standard InChI is InChI=1S/C71H115N13O17/c1-14-48(8)62(56(94-12)43-58(86)84-32-19-23-55(84)63(95-13)49(9)65(87)79-54(64-74-30-31-75-64)42-50-20-16-15-17-21-50)82(10)69(91)60(46(4)5)81-68(90)61(47(6)7)83(11)71(93)100-44-51-24-26-52(27-25-51)77-66(88)53(22-18-29-76-70(72)92)78-67(89)59(45(2)3)80-57(85)28-33-96-34-35-97-36-37-98-38-39-99-40-41-101-73/h15-17,20-21,24-27,30-31,45-49,53-56,59-63H,14,18-19,22-23,28-29,32-44,73H2,1-13H3,(H,74,75)(H,77,88)(H,78,89)(H,79,87)(H,80,85)(H,81,90)(H3,72,76,92)/t48-,49+,53-,54-,55-,56+,59-,60-,61-,62-,63?/m0/s1. The van der Waals surface area contributed by atoms with Crippen LogP contribution in [0, 0.1) is 29.6 Å². The molecule has 0 saturated carbocycles. The fourth-order valence-corrected chi connectivity index (χ4v) is 12.2. The molecular formula is C71H115N13O17. The smallest absolute Gasteiger partial charge is 0.410 e. The van der Waals surface area contributed by atoms with Gasteiger partial charge in [0.1, 0.15) is 36.6 Å². The number of aromatic nitrogens is 2. The van der Waals surface area contributed by atoms with Crippen LogP contribution in [0.5, 0.6) is 0 Å². The minimum absolute atomic E-state index is 0.0400. The van der Waals surface area contributed by atoms with E-state index >= 15 is 0 Å². The number of rotatable bonds is 48. The van der Waals surface area contributed by atoms with E-state index in [4.69, 9.17) is 44.8 Å². The summed E-state index contributed by atoms with van der Waals surface area (Å²) in [7, 11) is 6.15. The fourth-order valence-electron chi connectivity index (χ4n) is 12.2. The number of carbonyl (C=O) groups excluding carboxylic acids is 9. The number of primary amides is 1. The van der Waals surface area contributed by atoms with Gasteiger partial charge in [-0.15, -0.1) is 0 Å². The van der Waals surface area contributed by atoms with Crippen molar-refractivity contribution in [2.75, 3.05) is 106 Å². The number of imidazole rings is 1. The van der Waals surface area contributed by atoms with Crippen LogP contribution in [0.25, 0.3) is 0 Å². The summed E-state index contributed by atoms with van der Waals surface area (Å²) in [5.41, 5.74) is 7.16. The highest BCUT2D eigenvalue weighted by Gasteiger charge is 2.44. The molecular weight excluding hydrogens is 1310 g/mol. The molecule has 1 aliphatic rings. The van der Waals surface area contributed by atoms with Crippen LogP contribution < -0.4 is 43.5 Å². The average molecular weight is 1420 g/mol. The Balaban J connectivity index is 1.35. The molecule has 4 rings (SSSR count). The molecule has 30 heteroatoms.